The zero-order valence-corrected chi connectivity index (χ0v) is 14.7. The molecule has 0 aromatic heterocycles. The number of fused-ring (bicyclic) bond motifs is 1. The molecular weight excluding hydrogens is 372 g/mol. The largest absolute Gasteiger partial charge is 0.480 e. The number of carboxylic acids is 1. The zero-order chi connectivity index (χ0) is 19.6. The van der Waals surface area contributed by atoms with E-state index < -0.39 is 33.1 Å². The second-order valence-corrected chi connectivity index (χ2v) is 7.52. The number of aliphatic carboxylic acids is 1. The van der Waals surface area contributed by atoms with E-state index in [0.717, 1.165) is 15.8 Å². The summed E-state index contributed by atoms with van der Waals surface area (Å²) in [7, 11) is -4.35. The lowest BCUT2D eigenvalue weighted by atomic mass is 10.1. The average Bonchev–Trinajstić information content (AvgIpc) is 2.65. The van der Waals surface area contributed by atoms with E-state index in [9.17, 15) is 28.4 Å². The van der Waals surface area contributed by atoms with E-state index in [1.807, 2.05) is 0 Å². The van der Waals surface area contributed by atoms with Gasteiger partial charge in [0.2, 0.25) is 0 Å². The van der Waals surface area contributed by atoms with E-state index in [2.05, 4.69) is 0 Å². The number of non-ortho nitro benzene ring substituents is 1. The average molecular weight is 386 g/mol. The molecule has 0 atom stereocenters. The first-order valence-electron chi connectivity index (χ1n) is 7.77. The van der Waals surface area contributed by atoms with Crippen LogP contribution in [0.5, 0.6) is 0 Å². The van der Waals surface area contributed by atoms with Crippen LogP contribution in [-0.4, -0.2) is 31.0 Å². The smallest absolute Gasteiger partial charge is 0.324 e. The maximum Gasteiger partial charge on any atom is 0.324 e. The molecule has 0 aliphatic rings. The highest BCUT2D eigenvalue weighted by molar-refractivity contribution is 7.92. The molecule has 0 aliphatic heterocycles. The van der Waals surface area contributed by atoms with Crippen molar-refractivity contribution in [2.24, 2.45) is 0 Å². The number of nitrogens with zero attached hydrogens (tertiary/aromatic N) is 2. The lowest BCUT2D eigenvalue weighted by Gasteiger charge is -2.24. The second kappa shape index (κ2) is 7.04. The number of sulfonamides is 1. The minimum atomic E-state index is -4.35. The number of rotatable bonds is 6. The molecule has 0 saturated heterocycles. The number of anilines is 1. The number of hydrogen-bond donors (Lipinski definition) is 1. The van der Waals surface area contributed by atoms with Crippen molar-refractivity contribution in [2.75, 3.05) is 10.8 Å². The van der Waals surface area contributed by atoms with E-state index in [-0.39, 0.29) is 10.6 Å². The van der Waals surface area contributed by atoms with Crippen LogP contribution < -0.4 is 4.31 Å². The minimum Gasteiger partial charge on any atom is -0.480 e. The van der Waals surface area contributed by atoms with Crippen LogP contribution >= 0.6 is 0 Å². The Balaban J connectivity index is 2.21. The fraction of sp³-hybridized carbons (Fsp3) is 0.0556. The number of benzene rings is 3. The fourth-order valence-electron chi connectivity index (χ4n) is 2.73. The number of nitro groups is 1. The SMILES string of the molecule is O=C(O)CN(c1cccc2ccccc12)S(=O)(=O)c1cccc([N+](=O)[O-])c1. The monoisotopic (exact) mass is 386 g/mol. The van der Waals surface area contributed by atoms with Crippen molar-refractivity contribution in [1.82, 2.24) is 0 Å². The molecular formula is C18H14N2O6S. The third-order valence-corrected chi connectivity index (χ3v) is 5.69. The van der Waals surface area contributed by atoms with Gasteiger partial charge in [-0.25, -0.2) is 8.42 Å². The summed E-state index contributed by atoms with van der Waals surface area (Å²) in [5.74, 6) is -1.35. The van der Waals surface area contributed by atoms with E-state index in [0.29, 0.717) is 5.39 Å². The third-order valence-electron chi connectivity index (χ3n) is 3.93. The van der Waals surface area contributed by atoms with Gasteiger partial charge < -0.3 is 5.11 Å². The third kappa shape index (κ3) is 3.58. The van der Waals surface area contributed by atoms with Gasteiger partial charge in [-0.05, 0) is 17.5 Å². The van der Waals surface area contributed by atoms with Crippen molar-refractivity contribution in [3.8, 4) is 0 Å². The number of nitro benzene ring substituents is 1. The molecule has 1 N–H and O–H groups in total. The predicted molar refractivity (Wildman–Crippen MR) is 99.2 cm³/mol. The fourth-order valence-corrected chi connectivity index (χ4v) is 4.21. The van der Waals surface area contributed by atoms with Crippen molar-refractivity contribution in [3.05, 3.63) is 76.8 Å². The Hall–Kier alpha value is -3.46. The van der Waals surface area contributed by atoms with Crippen LogP contribution in [0.3, 0.4) is 0 Å². The first-order chi connectivity index (χ1) is 12.8. The van der Waals surface area contributed by atoms with Crippen LogP contribution in [-0.2, 0) is 14.8 Å². The summed E-state index contributed by atoms with van der Waals surface area (Å²) in [5.41, 5.74) is -0.216. The molecule has 0 radical (unpaired) electrons. The van der Waals surface area contributed by atoms with Gasteiger partial charge in [0.15, 0.2) is 0 Å². The molecule has 0 spiro atoms. The quantitative estimate of drug-likeness (QED) is 0.514. The highest BCUT2D eigenvalue weighted by atomic mass is 32.2. The first-order valence-corrected chi connectivity index (χ1v) is 9.21. The van der Waals surface area contributed by atoms with Gasteiger partial charge in [0.25, 0.3) is 15.7 Å². The highest BCUT2D eigenvalue weighted by Crippen LogP contribution is 2.31. The predicted octanol–water partition coefficient (Wildman–Crippen LogP) is 3.03. The molecule has 9 heteroatoms. The minimum absolute atomic E-state index is 0.182. The first kappa shape index (κ1) is 18.3. The van der Waals surface area contributed by atoms with Crippen molar-refractivity contribution in [3.63, 3.8) is 0 Å². The van der Waals surface area contributed by atoms with Gasteiger partial charge >= 0.3 is 5.97 Å². The topological polar surface area (TPSA) is 118 Å². The molecule has 0 aliphatic carbocycles. The Labute approximate surface area is 154 Å². The van der Waals surface area contributed by atoms with Crippen molar-refractivity contribution >= 4 is 38.1 Å². The van der Waals surface area contributed by atoms with Crippen molar-refractivity contribution in [1.29, 1.82) is 0 Å². The number of carbonyl (C=O) groups is 1. The summed E-state index contributed by atoms with van der Waals surface area (Å²) in [5, 5.41) is 21.5. The molecule has 0 saturated carbocycles. The van der Waals surface area contributed by atoms with Gasteiger partial charge in [0, 0.05) is 17.5 Å². The van der Waals surface area contributed by atoms with Crippen LogP contribution in [0.4, 0.5) is 11.4 Å². The van der Waals surface area contributed by atoms with Crippen molar-refractivity contribution < 1.29 is 23.2 Å². The summed E-state index contributed by atoms with van der Waals surface area (Å²) in [4.78, 5) is 21.3. The van der Waals surface area contributed by atoms with Gasteiger partial charge in [-0.2, -0.15) is 0 Å². The normalized spacial score (nSPS) is 11.3. The second-order valence-electron chi connectivity index (χ2n) is 5.66. The number of carboxylic acid groups (broad SMARTS) is 1. The molecule has 3 aromatic rings. The zero-order valence-electron chi connectivity index (χ0n) is 13.8. The maximum absolute atomic E-state index is 13.1. The van der Waals surface area contributed by atoms with Crippen LogP contribution in [0.2, 0.25) is 0 Å². The molecule has 0 fully saturated rings. The maximum atomic E-state index is 13.1. The van der Waals surface area contributed by atoms with Crippen LogP contribution in [0.25, 0.3) is 10.8 Å². The molecule has 3 aromatic carbocycles. The van der Waals surface area contributed by atoms with E-state index in [1.165, 1.54) is 24.3 Å². The molecule has 0 unspecified atom stereocenters. The Morgan fingerprint density at radius 1 is 1.04 bits per heavy atom. The molecule has 8 nitrogen and oxygen atoms in total. The Kier molecular flexibility index (Phi) is 4.78. The highest BCUT2D eigenvalue weighted by Gasteiger charge is 2.29. The molecule has 0 bridgehead atoms. The Morgan fingerprint density at radius 2 is 1.70 bits per heavy atom. The van der Waals surface area contributed by atoms with E-state index in [4.69, 9.17) is 0 Å². The summed E-state index contributed by atoms with van der Waals surface area (Å²) >= 11 is 0. The van der Waals surface area contributed by atoms with Crippen LogP contribution in [0.15, 0.2) is 71.6 Å². The van der Waals surface area contributed by atoms with Crippen LogP contribution in [0, 0.1) is 10.1 Å². The summed E-state index contributed by atoms with van der Waals surface area (Å²) < 4.78 is 27.0. The van der Waals surface area contributed by atoms with Gasteiger partial charge in [-0.15, -0.1) is 0 Å². The molecule has 3 rings (SSSR count). The lowest BCUT2D eigenvalue weighted by Crippen LogP contribution is -2.35. The summed E-state index contributed by atoms with van der Waals surface area (Å²) in [6.45, 7) is -0.820. The van der Waals surface area contributed by atoms with Gasteiger partial charge in [0.1, 0.15) is 6.54 Å². The van der Waals surface area contributed by atoms with Gasteiger partial charge in [-0.3, -0.25) is 19.2 Å². The Morgan fingerprint density at radius 3 is 2.41 bits per heavy atom. The molecule has 27 heavy (non-hydrogen) atoms. The van der Waals surface area contributed by atoms with Crippen LogP contribution in [0.1, 0.15) is 0 Å². The standard InChI is InChI=1S/C18H14N2O6S/c21-18(22)12-19(17-10-3-6-13-5-1-2-9-16(13)17)27(25,26)15-8-4-7-14(11-15)20(23)24/h1-11H,12H2,(H,21,22). The van der Waals surface area contributed by atoms with Gasteiger partial charge in [-0.1, -0.05) is 42.5 Å². The lowest BCUT2D eigenvalue weighted by molar-refractivity contribution is -0.385. The van der Waals surface area contributed by atoms with E-state index >= 15 is 0 Å². The number of hydrogen-bond acceptors (Lipinski definition) is 5. The summed E-state index contributed by atoms with van der Waals surface area (Å²) in [6.07, 6.45) is 0. The van der Waals surface area contributed by atoms with Crippen molar-refractivity contribution in [2.45, 2.75) is 4.90 Å². The van der Waals surface area contributed by atoms with Gasteiger partial charge in [0.05, 0.1) is 15.5 Å². The van der Waals surface area contributed by atoms with E-state index in [1.54, 1.807) is 36.4 Å². The molecule has 0 amide bonds. The summed E-state index contributed by atoms with van der Waals surface area (Å²) in [6, 6.07) is 16.4. The molecule has 138 valence electrons. The Bertz CT molecular complexity index is 1140. The molecule has 0 heterocycles.